The summed E-state index contributed by atoms with van der Waals surface area (Å²) < 4.78 is 5.34. The molecule has 1 aliphatic rings. The zero-order valence-corrected chi connectivity index (χ0v) is 14.1. The van der Waals surface area contributed by atoms with Crippen molar-refractivity contribution in [2.45, 2.75) is 26.8 Å². The van der Waals surface area contributed by atoms with Crippen LogP contribution in [0.1, 0.15) is 23.6 Å². The van der Waals surface area contributed by atoms with E-state index in [0.717, 1.165) is 55.7 Å². The average molecular weight is 316 g/mol. The second-order valence-corrected chi connectivity index (χ2v) is 6.41. The molecule has 1 aromatic carbocycles. The molecular formula is C18H24N2O3. The number of aromatic hydroxyl groups is 1. The number of phenolic OH excluding ortho intramolecular Hbond substituents is 1. The van der Waals surface area contributed by atoms with Crippen molar-refractivity contribution in [2.24, 2.45) is 0 Å². The molecule has 5 nitrogen and oxygen atoms in total. The molecule has 0 radical (unpaired) electrons. The zero-order valence-electron chi connectivity index (χ0n) is 14.1. The second-order valence-electron chi connectivity index (χ2n) is 6.41. The van der Waals surface area contributed by atoms with E-state index in [0.29, 0.717) is 11.1 Å². The van der Waals surface area contributed by atoms with Gasteiger partial charge in [0.05, 0.1) is 0 Å². The number of aryl methyl sites for hydroxylation is 2. The van der Waals surface area contributed by atoms with Gasteiger partial charge in [0.25, 0.3) is 0 Å². The number of rotatable bonds is 3. The van der Waals surface area contributed by atoms with Crippen LogP contribution in [-0.4, -0.2) is 48.1 Å². The van der Waals surface area contributed by atoms with Crippen LogP contribution >= 0.6 is 0 Å². The number of phenols is 1. The van der Waals surface area contributed by atoms with Crippen molar-refractivity contribution < 1.29 is 9.52 Å². The Morgan fingerprint density at radius 2 is 1.87 bits per heavy atom. The fraction of sp³-hybridized carbons (Fsp3) is 0.500. The third kappa shape index (κ3) is 3.12. The van der Waals surface area contributed by atoms with Crippen LogP contribution in [0.3, 0.4) is 0 Å². The van der Waals surface area contributed by atoms with Gasteiger partial charge < -0.3 is 14.4 Å². The minimum Gasteiger partial charge on any atom is -0.507 e. The smallest absolute Gasteiger partial charge is 0.336 e. The predicted molar refractivity (Wildman–Crippen MR) is 91.0 cm³/mol. The maximum absolute atomic E-state index is 11.7. The summed E-state index contributed by atoms with van der Waals surface area (Å²) in [6.45, 7) is 8.64. The lowest BCUT2D eigenvalue weighted by Crippen LogP contribution is -2.43. The SMILES string of the molecule is CCc1cc(=O)oc2c(C)c(O)c(CN3CCN(C)CC3)cc12. The highest BCUT2D eigenvalue weighted by Crippen LogP contribution is 2.32. The summed E-state index contributed by atoms with van der Waals surface area (Å²) in [6, 6.07) is 3.54. The minimum absolute atomic E-state index is 0.243. The standard InChI is InChI=1S/C18H24N2O3/c1-4-13-10-16(21)23-18-12(2)17(22)14(9-15(13)18)11-20-7-5-19(3)6-8-20/h9-10,22H,4-8,11H2,1-3H3. The number of likely N-dealkylation sites (N-methyl/N-ethyl adjacent to an activating group) is 1. The summed E-state index contributed by atoms with van der Waals surface area (Å²) in [4.78, 5) is 16.4. The van der Waals surface area contributed by atoms with Crippen LogP contribution in [-0.2, 0) is 13.0 Å². The molecular weight excluding hydrogens is 292 g/mol. The number of hydrogen-bond acceptors (Lipinski definition) is 5. The molecule has 0 unspecified atom stereocenters. The van der Waals surface area contributed by atoms with Crippen LogP contribution in [0.2, 0.25) is 0 Å². The van der Waals surface area contributed by atoms with Gasteiger partial charge in [-0.15, -0.1) is 0 Å². The van der Waals surface area contributed by atoms with Crippen molar-refractivity contribution in [3.05, 3.63) is 39.2 Å². The number of piperazine rings is 1. The van der Waals surface area contributed by atoms with Crippen molar-refractivity contribution in [1.82, 2.24) is 9.80 Å². The Labute approximate surface area is 136 Å². The van der Waals surface area contributed by atoms with Gasteiger partial charge in [0.1, 0.15) is 11.3 Å². The van der Waals surface area contributed by atoms with Gasteiger partial charge in [0.15, 0.2) is 0 Å². The lowest BCUT2D eigenvalue weighted by atomic mass is 10.00. The fourth-order valence-electron chi connectivity index (χ4n) is 3.24. The van der Waals surface area contributed by atoms with Gasteiger partial charge in [0.2, 0.25) is 0 Å². The van der Waals surface area contributed by atoms with Gasteiger partial charge in [0, 0.05) is 55.3 Å². The lowest BCUT2D eigenvalue weighted by Gasteiger charge is -2.32. The molecule has 0 amide bonds. The summed E-state index contributed by atoms with van der Waals surface area (Å²) in [7, 11) is 2.13. The van der Waals surface area contributed by atoms with Crippen molar-refractivity contribution in [1.29, 1.82) is 0 Å². The van der Waals surface area contributed by atoms with Crippen LogP contribution in [0.15, 0.2) is 21.3 Å². The van der Waals surface area contributed by atoms with Crippen molar-refractivity contribution in [2.75, 3.05) is 33.2 Å². The number of fused-ring (bicyclic) bond motifs is 1. The molecule has 0 bridgehead atoms. The molecule has 1 aliphatic heterocycles. The first kappa shape index (κ1) is 16.0. The third-order valence-corrected chi connectivity index (χ3v) is 4.77. The highest BCUT2D eigenvalue weighted by atomic mass is 16.4. The van der Waals surface area contributed by atoms with Crippen LogP contribution in [0.5, 0.6) is 5.75 Å². The van der Waals surface area contributed by atoms with E-state index in [1.807, 2.05) is 19.9 Å². The van der Waals surface area contributed by atoms with Gasteiger partial charge in [-0.2, -0.15) is 0 Å². The molecule has 2 heterocycles. The second kappa shape index (κ2) is 6.34. The van der Waals surface area contributed by atoms with E-state index in [9.17, 15) is 9.90 Å². The predicted octanol–water partition coefficient (Wildman–Crippen LogP) is 2.12. The van der Waals surface area contributed by atoms with E-state index in [1.165, 1.54) is 0 Å². The molecule has 0 aliphatic carbocycles. The quantitative estimate of drug-likeness (QED) is 0.879. The monoisotopic (exact) mass is 316 g/mol. The lowest BCUT2D eigenvalue weighted by molar-refractivity contribution is 0.147. The van der Waals surface area contributed by atoms with E-state index in [4.69, 9.17) is 4.42 Å². The molecule has 0 spiro atoms. The normalized spacial score (nSPS) is 17.0. The first-order valence-corrected chi connectivity index (χ1v) is 8.18. The average Bonchev–Trinajstić information content (AvgIpc) is 2.54. The van der Waals surface area contributed by atoms with Crippen LogP contribution in [0, 0.1) is 6.92 Å². The Balaban J connectivity index is 2.02. The first-order valence-electron chi connectivity index (χ1n) is 8.18. The van der Waals surface area contributed by atoms with E-state index < -0.39 is 0 Å². The summed E-state index contributed by atoms with van der Waals surface area (Å²) in [5, 5.41) is 11.5. The molecule has 1 fully saturated rings. The topological polar surface area (TPSA) is 56.9 Å². The Morgan fingerprint density at radius 1 is 1.17 bits per heavy atom. The number of nitrogens with zero attached hydrogens (tertiary/aromatic N) is 2. The van der Waals surface area contributed by atoms with E-state index in [1.54, 1.807) is 6.07 Å². The van der Waals surface area contributed by atoms with Gasteiger partial charge in [-0.05, 0) is 32.0 Å². The third-order valence-electron chi connectivity index (χ3n) is 4.77. The molecule has 23 heavy (non-hydrogen) atoms. The first-order chi connectivity index (χ1) is 11.0. The van der Waals surface area contributed by atoms with Gasteiger partial charge in [-0.25, -0.2) is 4.79 Å². The molecule has 1 N–H and O–H groups in total. The van der Waals surface area contributed by atoms with E-state index >= 15 is 0 Å². The molecule has 0 atom stereocenters. The summed E-state index contributed by atoms with van der Waals surface area (Å²) in [5.41, 5.74) is 2.68. The van der Waals surface area contributed by atoms with Crippen molar-refractivity contribution in [3.63, 3.8) is 0 Å². The molecule has 2 aromatic rings. The number of benzene rings is 1. The fourth-order valence-corrected chi connectivity index (χ4v) is 3.24. The van der Waals surface area contributed by atoms with Gasteiger partial charge in [-0.1, -0.05) is 6.92 Å². The Hall–Kier alpha value is -1.85. The van der Waals surface area contributed by atoms with Crippen LogP contribution < -0.4 is 5.63 Å². The molecule has 5 heteroatoms. The van der Waals surface area contributed by atoms with E-state index in [2.05, 4.69) is 16.8 Å². The molecule has 124 valence electrons. The minimum atomic E-state index is -0.358. The van der Waals surface area contributed by atoms with Crippen molar-refractivity contribution in [3.8, 4) is 5.75 Å². The molecule has 3 rings (SSSR count). The van der Waals surface area contributed by atoms with Crippen LogP contribution in [0.4, 0.5) is 0 Å². The number of hydrogen-bond donors (Lipinski definition) is 1. The Morgan fingerprint density at radius 3 is 2.52 bits per heavy atom. The molecule has 1 aromatic heterocycles. The maximum Gasteiger partial charge on any atom is 0.336 e. The van der Waals surface area contributed by atoms with E-state index in [-0.39, 0.29) is 11.4 Å². The maximum atomic E-state index is 11.7. The summed E-state index contributed by atoms with van der Waals surface area (Å²) in [5.74, 6) is 0.243. The largest absolute Gasteiger partial charge is 0.507 e. The summed E-state index contributed by atoms with van der Waals surface area (Å²) in [6.07, 6.45) is 0.764. The molecule has 0 saturated carbocycles. The van der Waals surface area contributed by atoms with Gasteiger partial charge >= 0.3 is 5.63 Å². The Kier molecular flexibility index (Phi) is 4.41. The van der Waals surface area contributed by atoms with Crippen molar-refractivity contribution >= 4 is 11.0 Å². The highest BCUT2D eigenvalue weighted by molar-refractivity contribution is 5.86. The highest BCUT2D eigenvalue weighted by Gasteiger charge is 2.19. The summed E-state index contributed by atoms with van der Waals surface area (Å²) >= 11 is 0. The molecule has 1 saturated heterocycles. The Bertz CT molecular complexity index is 774. The van der Waals surface area contributed by atoms with Gasteiger partial charge in [-0.3, -0.25) is 4.90 Å². The zero-order chi connectivity index (χ0) is 16.6. The van der Waals surface area contributed by atoms with Crippen LogP contribution in [0.25, 0.3) is 11.0 Å².